The maximum absolute atomic E-state index is 12.6. The molecule has 0 bridgehead atoms. The highest BCUT2D eigenvalue weighted by atomic mass is 16.6. The Hall–Kier alpha value is -2.45. The third-order valence-electron chi connectivity index (χ3n) is 8.30. The van der Waals surface area contributed by atoms with E-state index in [-0.39, 0.29) is 42.7 Å². The molecule has 0 spiro atoms. The molecule has 0 fully saturated rings. The van der Waals surface area contributed by atoms with Gasteiger partial charge in [0.1, 0.15) is 6.61 Å². The molecule has 0 aliphatic carbocycles. The third-order valence-corrected chi connectivity index (χ3v) is 8.30. The van der Waals surface area contributed by atoms with Gasteiger partial charge in [0.05, 0.1) is 34.4 Å². The first-order valence-corrected chi connectivity index (χ1v) is 19.0. The Morgan fingerprint density at radius 2 is 1.17 bits per heavy atom. The van der Waals surface area contributed by atoms with E-state index >= 15 is 0 Å². The van der Waals surface area contributed by atoms with Gasteiger partial charge in [0, 0.05) is 19.3 Å². The van der Waals surface area contributed by atoms with E-state index in [2.05, 4.69) is 50.3 Å². The minimum Gasteiger partial charge on any atom is -0.477 e. The predicted octanol–water partition coefficient (Wildman–Crippen LogP) is 9.52. The van der Waals surface area contributed by atoms with Crippen molar-refractivity contribution in [2.75, 3.05) is 41.0 Å². The number of rotatable bonds is 33. The van der Waals surface area contributed by atoms with Gasteiger partial charge in [-0.2, -0.15) is 0 Å². The van der Waals surface area contributed by atoms with Gasteiger partial charge in [-0.25, -0.2) is 4.79 Å². The van der Waals surface area contributed by atoms with Crippen molar-refractivity contribution in [2.45, 2.75) is 161 Å². The van der Waals surface area contributed by atoms with Gasteiger partial charge in [0.2, 0.25) is 0 Å². The molecule has 8 heteroatoms. The lowest BCUT2D eigenvalue weighted by Gasteiger charge is -2.31. The first-order chi connectivity index (χ1) is 23.1. The summed E-state index contributed by atoms with van der Waals surface area (Å²) < 4.78 is 17.1. The highest BCUT2D eigenvalue weighted by Crippen LogP contribution is 2.14. The van der Waals surface area contributed by atoms with Crippen LogP contribution in [0.4, 0.5) is 0 Å². The van der Waals surface area contributed by atoms with Gasteiger partial charge in [0.15, 0.2) is 12.1 Å². The van der Waals surface area contributed by atoms with Crippen LogP contribution in [0.3, 0.4) is 0 Å². The van der Waals surface area contributed by atoms with Gasteiger partial charge in [-0.3, -0.25) is 9.59 Å². The number of carbonyl (C=O) groups is 3. The third kappa shape index (κ3) is 29.7. The quantitative estimate of drug-likeness (QED) is 0.0319. The lowest BCUT2D eigenvalue weighted by Crippen LogP contribution is -2.50. The number of carboxylic acid groups (broad SMARTS) is 1. The Balaban J connectivity index is 4.48. The number of likely N-dealkylation sites (N-methyl/N-ethyl adjacent to an activating group) is 1. The summed E-state index contributed by atoms with van der Waals surface area (Å²) in [7, 11) is 5.50. The molecule has 2 atom stereocenters. The molecule has 0 aromatic carbocycles. The second kappa shape index (κ2) is 31.8. The summed E-state index contributed by atoms with van der Waals surface area (Å²) >= 11 is 0. The van der Waals surface area contributed by atoms with Crippen molar-refractivity contribution in [3.8, 4) is 0 Å². The van der Waals surface area contributed by atoms with Crippen LogP contribution in [0.25, 0.3) is 0 Å². The Morgan fingerprint density at radius 3 is 1.71 bits per heavy atom. The van der Waals surface area contributed by atoms with Crippen LogP contribution in [0.1, 0.15) is 149 Å². The van der Waals surface area contributed by atoms with Gasteiger partial charge in [-0.15, -0.1) is 0 Å². The van der Waals surface area contributed by atoms with E-state index in [9.17, 15) is 19.5 Å². The molecule has 0 radical (unpaired) electrons. The number of nitrogens with zero attached hydrogens (tertiary/aromatic N) is 1. The molecule has 48 heavy (non-hydrogen) atoms. The van der Waals surface area contributed by atoms with Gasteiger partial charge >= 0.3 is 17.9 Å². The second-order valence-corrected chi connectivity index (χ2v) is 13.8. The lowest BCUT2D eigenvalue weighted by molar-refractivity contribution is -0.887. The minimum atomic E-state index is -0.882. The number of hydrogen-bond donors (Lipinski definition) is 1. The monoisotopic (exact) mass is 679 g/mol. The van der Waals surface area contributed by atoms with Crippen LogP contribution < -0.4 is 0 Å². The molecule has 0 aliphatic rings. The topological polar surface area (TPSA) is 99.1 Å². The van der Waals surface area contributed by atoms with Crippen molar-refractivity contribution in [2.24, 2.45) is 0 Å². The second-order valence-electron chi connectivity index (χ2n) is 13.8. The number of aliphatic carboxylic acids is 1. The molecule has 0 heterocycles. The maximum Gasteiger partial charge on any atom is 0.362 e. The Kier molecular flexibility index (Phi) is 30.2. The molecule has 0 rings (SSSR count). The molecular formula is C40H72NO7+. The van der Waals surface area contributed by atoms with Crippen molar-refractivity contribution in [3.05, 3.63) is 36.5 Å². The van der Waals surface area contributed by atoms with Crippen LogP contribution >= 0.6 is 0 Å². The fraction of sp³-hybridized carbons (Fsp3) is 0.775. The molecule has 0 aliphatic heterocycles. The fourth-order valence-corrected chi connectivity index (χ4v) is 5.35. The summed E-state index contributed by atoms with van der Waals surface area (Å²) in [6.45, 7) is 4.54. The highest BCUT2D eigenvalue weighted by Gasteiger charge is 2.31. The van der Waals surface area contributed by atoms with Crippen molar-refractivity contribution in [1.29, 1.82) is 0 Å². The van der Waals surface area contributed by atoms with Crippen LogP contribution in [0, 0.1) is 0 Å². The average molecular weight is 679 g/mol. The summed E-state index contributed by atoms with van der Waals surface area (Å²) in [6.07, 6.45) is 33.4. The minimum absolute atomic E-state index is 0.0472. The number of ether oxygens (including phenoxy) is 3. The van der Waals surface area contributed by atoms with E-state index in [0.29, 0.717) is 19.3 Å². The molecule has 0 amide bonds. The van der Waals surface area contributed by atoms with Crippen LogP contribution in [-0.4, -0.2) is 80.6 Å². The molecule has 8 nitrogen and oxygen atoms in total. The zero-order valence-corrected chi connectivity index (χ0v) is 31.4. The summed E-state index contributed by atoms with van der Waals surface area (Å²) in [5, 5.41) is 9.57. The van der Waals surface area contributed by atoms with Crippen molar-refractivity contribution in [1.82, 2.24) is 0 Å². The van der Waals surface area contributed by atoms with Gasteiger partial charge in [-0.1, -0.05) is 127 Å². The summed E-state index contributed by atoms with van der Waals surface area (Å²) in [4.78, 5) is 36.7. The van der Waals surface area contributed by atoms with Crippen LogP contribution in [0.15, 0.2) is 36.5 Å². The average Bonchev–Trinajstić information content (AvgIpc) is 3.03. The number of carboxylic acids is 1. The van der Waals surface area contributed by atoms with E-state index in [4.69, 9.17) is 14.2 Å². The molecule has 1 N–H and O–H groups in total. The van der Waals surface area contributed by atoms with Gasteiger partial charge in [0.25, 0.3) is 0 Å². The van der Waals surface area contributed by atoms with Crippen LogP contribution in [0.2, 0.25) is 0 Å². The summed E-state index contributed by atoms with van der Waals surface area (Å²) in [5.41, 5.74) is 0. The summed E-state index contributed by atoms with van der Waals surface area (Å²) in [5.74, 6) is -1.54. The van der Waals surface area contributed by atoms with Crippen LogP contribution in [-0.2, 0) is 28.6 Å². The number of allylic oxidation sites excluding steroid dienone is 6. The number of carbonyl (C=O) groups excluding carboxylic acids is 2. The zero-order chi connectivity index (χ0) is 35.7. The smallest absolute Gasteiger partial charge is 0.362 e. The van der Waals surface area contributed by atoms with Crippen molar-refractivity contribution < 1.29 is 38.2 Å². The summed E-state index contributed by atoms with van der Waals surface area (Å²) in [6, 6.07) is -0.618. The van der Waals surface area contributed by atoms with E-state index in [1.165, 1.54) is 64.2 Å². The maximum atomic E-state index is 12.6. The first-order valence-electron chi connectivity index (χ1n) is 19.0. The van der Waals surface area contributed by atoms with E-state index in [1.54, 1.807) is 0 Å². The molecule has 2 unspecified atom stereocenters. The Labute approximate surface area is 293 Å². The SMILES string of the molecule is CC/C=C/C/C=C/C/C=C/CCCC(=O)OCC(COCCC(C(=O)O)[N+](C)(C)C)OC(=O)CCCCCCCCCCCCCCC. The Bertz CT molecular complexity index is 891. The molecule has 0 saturated heterocycles. The van der Waals surface area contributed by atoms with Gasteiger partial charge < -0.3 is 23.8 Å². The molecule has 0 aromatic heterocycles. The van der Waals surface area contributed by atoms with E-state index in [0.717, 1.165) is 44.9 Å². The molecule has 0 aromatic rings. The molecular weight excluding hydrogens is 606 g/mol. The number of esters is 2. The fourth-order valence-electron chi connectivity index (χ4n) is 5.35. The van der Waals surface area contributed by atoms with E-state index < -0.39 is 18.1 Å². The van der Waals surface area contributed by atoms with Gasteiger partial charge in [-0.05, 0) is 38.5 Å². The zero-order valence-electron chi connectivity index (χ0n) is 31.4. The lowest BCUT2D eigenvalue weighted by atomic mass is 10.0. The van der Waals surface area contributed by atoms with E-state index in [1.807, 2.05) is 21.1 Å². The van der Waals surface area contributed by atoms with Crippen LogP contribution in [0.5, 0.6) is 0 Å². The first kappa shape index (κ1) is 45.6. The number of hydrogen-bond acceptors (Lipinski definition) is 6. The highest BCUT2D eigenvalue weighted by molar-refractivity contribution is 5.72. The largest absolute Gasteiger partial charge is 0.477 e. The van der Waals surface area contributed by atoms with Crippen molar-refractivity contribution >= 4 is 17.9 Å². The number of unbranched alkanes of at least 4 members (excludes halogenated alkanes) is 13. The molecule has 278 valence electrons. The standard InChI is InChI=1S/C40H71NO7/c1-6-8-10-12-14-16-18-19-21-23-25-27-29-31-39(43)48-36(34-46-33-32-37(40(44)45)41(3,4)5)35-47-38(42)30-28-26-24-22-20-17-15-13-11-9-7-2/h9,11,15,17,22,24,36-37H,6-8,10,12-14,16,18-21,23,25-35H2,1-5H3/p+1/b11-9+,17-15+,24-22+. The normalized spacial score (nSPS) is 13.4. The Morgan fingerprint density at radius 1 is 0.646 bits per heavy atom. The van der Waals surface area contributed by atoms with Crippen molar-refractivity contribution in [3.63, 3.8) is 0 Å². The number of quaternary nitrogens is 1. The predicted molar refractivity (Wildman–Crippen MR) is 197 cm³/mol. The molecule has 0 saturated carbocycles.